The number of H-pyrrole nitrogens is 1. The smallest absolute Gasteiger partial charge is 0.257 e. The lowest BCUT2D eigenvalue weighted by molar-refractivity contribution is 0.359. The molecule has 2 N–H and O–H groups in total. The van der Waals surface area contributed by atoms with Crippen LogP contribution in [0.15, 0.2) is 18.3 Å². The van der Waals surface area contributed by atoms with E-state index in [0.717, 1.165) is 0 Å². The number of nitrogens with one attached hydrogen (secondary N) is 2. The number of rotatable bonds is 4. The van der Waals surface area contributed by atoms with Crippen LogP contribution in [0.2, 0.25) is 0 Å². The van der Waals surface area contributed by atoms with Gasteiger partial charge in [0.05, 0.1) is 7.11 Å². The predicted molar refractivity (Wildman–Crippen MR) is 96.7 cm³/mol. The van der Waals surface area contributed by atoms with Gasteiger partial charge in [0.1, 0.15) is 29.1 Å². The monoisotopic (exact) mass is 393 g/mol. The molecule has 0 radical (unpaired) electrons. The number of nitriles is 1. The molecule has 1 aromatic heterocycles. The highest BCUT2D eigenvalue weighted by Gasteiger charge is 2.26. The van der Waals surface area contributed by atoms with Crippen LogP contribution in [-0.4, -0.2) is 58.8 Å². The van der Waals surface area contributed by atoms with E-state index in [9.17, 15) is 8.78 Å². The molecule has 8 nitrogen and oxygen atoms in total. The molecular weight excluding hydrogens is 376 g/mol. The van der Waals surface area contributed by atoms with Gasteiger partial charge in [0.25, 0.3) is 5.17 Å². The minimum atomic E-state index is -0.732. The van der Waals surface area contributed by atoms with Gasteiger partial charge in [-0.2, -0.15) is 5.26 Å². The second-order valence-electron chi connectivity index (χ2n) is 5.87. The highest BCUT2D eigenvalue weighted by atomic mass is 32.1. The Bertz CT molecular complexity index is 824. The number of piperazine rings is 1. The fourth-order valence-electron chi connectivity index (χ4n) is 2.94. The van der Waals surface area contributed by atoms with E-state index < -0.39 is 17.7 Å². The largest absolute Gasteiger partial charge is 0.474 e. The maximum absolute atomic E-state index is 14.8. The van der Waals surface area contributed by atoms with Crippen LogP contribution in [0, 0.1) is 23.1 Å². The Morgan fingerprint density at radius 3 is 2.52 bits per heavy atom. The van der Waals surface area contributed by atoms with Crippen LogP contribution in [0.5, 0.6) is 0 Å². The Labute approximate surface area is 159 Å². The van der Waals surface area contributed by atoms with Gasteiger partial charge in [-0.3, -0.25) is 5.10 Å². The predicted octanol–water partition coefficient (Wildman–Crippen LogP) is 1.30. The molecule has 1 saturated heterocycles. The van der Waals surface area contributed by atoms with Gasteiger partial charge in [-0.15, -0.1) is 5.10 Å². The number of benzene rings is 1. The van der Waals surface area contributed by atoms with Crippen molar-refractivity contribution in [3.63, 3.8) is 0 Å². The van der Waals surface area contributed by atoms with E-state index in [-0.39, 0.29) is 16.4 Å². The zero-order valence-electron chi connectivity index (χ0n) is 14.4. The highest BCUT2D eigenvalue weighted by Crippen LogP contribution is 2.30. The molecule has 0 aliphatic carbocycles. The number of nitrogens with zero attached hydrogens (tertiary/aromatic N) is 5. The molecule has 0 bridgehead atoms. The first-order valence-electron chi connectivity index (χ1n) is 8.13. The minimum absolute atomic E-state index is 0.0560. The highest BCUT2D eigenvalue weighted by molar-refractivity contribution is 7.80. The molecule has 1 unspecified atom stereocenters. The fourth-order valence-corrected chi connectivity index (χ4v) is 3.06. The molecule has 1 atom stereocenters. The van der Waals surface area contributed by atoms with Crippen LogP contribution in [0.1, 0.15) is 17.3 Å². The zero-order chi connectivity index (χ0) is 19.4. The number of ether oxygens (including phenoxy) is 1. The minimum Gasteiger partial charge on any atom is -0.474 e. The van der Waals surface area contributed by atoms with Crippen LogP contribution >= 0.6 is 12.2 Å². The van der Waals surface area contributed by atoms with Crippen molar-refractivity contribution in [2.45, 2.75) is 6.04 Å². The Hall–Kier alpha value is -3.00. The Morgan fingerprint density at radius 2 is 2.00 bits per heavy atom. The zero-order valence-corrected chi connectivity index (χ0v) is 15.3. The van der Waals surface area contributed by atoms with Crippen LogP contribution in [0.4, 0.5) is 14.5 Å². The fraction of sp³-hybridized carbons (Fsp3) is 0.375. The van der Waals surface area contributed by atoms with Gasteiger partial charge in [-0.05, 0) is 29.9 Å². The van der Waals surface area contributed by atoms with Gasteiger partial charge in [-0.25, -0.2) is 8.78 Å². The summed E-state index contributed by atoms with van der Waals surface area (Å²) >= 11 is 5.00. The van der Waals surface area contributed by atoms with Crippen LogP contribution < -0.4 is 10.2 Å². The number of methoxy groups -OCH3 is 1. The van der Waals surface area contributed by atoms with Crippen molar-refractivity contribution in [2.24, 2.45) is 0 Å². The van der Waals surface area contributed by atoms with E-state index in [1.807, 2.05) is 6.19 Å². The summed E-state index contributed by atoms with van der Waals surface area (Å²) in [7, 11) is 1.39. The first kappa shape index (κ1) is 18.8. The number of halogens is 2. The molecule has 142 valence electrons. The van der Waals surface area contributed by atoms with Crippen molar-refractivity contribution >= 4 is 23.1 Å². The molecule has 27 heavy (non-hydrogen) atoms. The molecule has 2 heterocycles. The summed E-state index contributed by atoms with van der Waals surface area (Å²) in [6, 6.07) is 1.74. The summed E-state index contributed by atoms with van der Waals surface area (Å²) in [5.74, 6) is -1.40. The summed E-state index contributed by atoms with van der Waals surface area (Å²) in [6.07, 6.45) is 3.54. The van der Waals surface area contributed by atoms with Crippen LogP contribution in [0.25, 0.3) is 0 Å². The van der Waals surface area contributed by atoms with Crippen molar-refractivity contribution in [2.75, 3.05) is 38.2 Å². The van der Waals surface area contributed by atoms with E-state index in [0.29, 0.717) is 31.9 Å². The lowest BCUT2D eigenvalue weighted by atomic mass is 10.0. The lowest BCUT2D eigenvalue weighted by Gasteiger charge is -2.33. The third-order valence-corrected chi connectivity index (χ3v) is 4.57. The van der Waals surface area contributed by atoms with E-state index in [1.54, 1.807) is 9.80 Å². The summed E-state index contributed by atoms with van der Waals surface area (Å²) < 4.78 is 34.5. The quantitative estimate of drug-likeness (QED) is 0.593. The van der Waals surface area contributed by atoms with Gasteiger partial charge in [-0.1, -0.05) is 5.21 Å². The number of anilines is 1. The van der Waals surface area contributed by atoms with E-state index in [2.05, 4.69) is 20.7 Å². The van der Waals surface area contributed by atoms with Gasteiger partial charge < -0.3 is 19.9 Å². The molecule has 11 heteroatoms. The maximum atomic E-state index is 14.8. The molecule has 0 spiro atoms. The summed E-state index contributed by atoms with van der Waals surface area (Å²) in [5.41, 5.74) is 0.589. The van der Waals surface area contributed by atoms with Crippen molar-refractivity contribution in [1.82, 2.24) is 25.6 Å². The second-order valence-corrected chi connectivity index (χ2v) is 6.25. The molecule has 1 aliphatic heterocycles. The van der Waals surface area contributed by atoms with E-state index in [4.69, 9.17) is 22.2 Å². The van der Waals surface area contributed by atoms with Gasteiger partial charge in [0, 0.05) is 32.4 Å². The standard InChI is InChI=1S/C16H17F2N7OS/c1-26-16(27)21-14(13-8-20-23-22-13)10-6-11(17)15(12(18)7-10)25-4-2-24(9-19)3-5-25/h6-8,14H,2-5H2,1H3,(H,21,27)(H,20,22,23). The summed E-state index contributed by atoms with van der Waals surface area (Å²) in [4.78, 5) is 3.15. The molecule has 1 fully saturated rings. The lowest BCUT2D eigenvalue weighted by Crippen LogP contribution is -2.45. The molecule has 1 aliphatic rings. The third-order valence-electron chi connectivity index (χ3n) is 4.29. The van der Waals surface area contributed by atoms with Gasteiger partial charge in [0.15, 0.2) is 6.19 Å². The first-order chi connectivity index (χ1) is 13.0. The Morgan fingerprint density at radius 1 is 1.33 bits per heavy atom. The molecule has 1 aromatic carbocycles. The average molecular weight is 393 g/mol. The maximum Gasteiger partial charge on any atom is 0.257 e. The van der Waals surface area contributed by atoms with E-state index in [1.165, 1.54) is 25.4 Å². The summed E-state index contributed by atoms with van der Waals surface area (Å²) in [5, 5.41) is 21.9. The van der Waals surface area contributed by atoms with Gasteiger partial charge in [0.2, 0.25) is 0 Å². The Kier molecular flexibility index (Phi) is 5.66. The topological polar surface area (TPSA) is 93.1 Å². The number of aromatic nitrogens is 3. The van der Waals surface area contributed by atoms with Crippen molar-refractivity contribution in [1.29, 1.82) is 5.26 Å². The number of aromatic amines is 1. The van der Waals surface area contributed by atoms with E-state index >= 15 is 0 Å². The Balaban J connectivity index is 1.90. The van der Waals surface area contributed by atoms with Crippen molar-refractivity contribution in [3.8, 4) is 6.19 Å². The average Bonchev–Trinajstić information content (AvgIpc) is 3.20. The van der Waals surface area contributed by atoms with Crippen molar-refractivity contribution in [3.05, 3.63) is 41.2 Å². The molecule has 2 aromatic rings. The number of hydrogen-bond donors (Lipinski definition) is 2. The molecule has 0 saturated carbocycles. The van der Waals surface area contributed by atoms with Crippen molar-refractivity contribution < 1.29 is 13.5 Å². The number of thiocarbonyl (C=S) groups is 1. The molecule has 3 rings (SSSR count). The third kappa shape index (κ3) is 4.06. The SMILES string of the molecule is COC(=S)NC(c1cc(F)c(N2CCN(C#N)CC2)c(F)c1)c1c[nH]nn1. The first-order valence-corrected chi connectivity index (χ1v) is 8.53. The van der Waals surface area contributed by atoms with Crippen LogP contribution in [-0.2, 0) is 4.74 Å². The normalized spacial score (nSPS) is 15.2. The molecular formula is C16H17F2N7OS. The number of hydrogen-bond acceptors (Lipinski definition) is 7. The summed E-state index contributed by atoms with van der Waals surface area (Å²) in [6.45, 7) is 1.56. The van der Waals surface area contributed by atoms with Crippen LogP contribution in [0.3, 0.4) is 0 Å². The van der Waals surface area contributed by atoms with Gasteiger partial charge >= 0.3 is 0 Å². The molecule has 0 amide bonds. The second kappa shape index (κ2) is 8.13.